The van der Waals surface area contributed by atoms with Crippen LogP contribution in [0, 0.1) is 0 Å². The molecule has 508 valence electrons. The van der Waals surface area contributed by atoms with E-state index in [0.29, 0.717) is 57.1 Å². The monoisotopic (exact) mass is 1250 g/mol. The van der Waals surface area contributed by atoms with Gasteiger partial charge < -0.3 is 48.5 Å². The van der Waals surface area contributed by atoms with E-state index in [1.54, 1.807) is 19.1 Å². The van der Waals surface area contributed by atoms with Crippen molar-refractivity contribution in [1.29, 1.82) is 0 Å². The molecule has 1 aliphatic rings. The molecule has 0 radical (unpaired) electrons. The van der Waals surface area contributed by atoms with Crippen molar-refractivity contribution in [2.24, 2.45) is 0 Å². The lowest BCUT2D eigenvalue weighted by atomic mass is 9.96. The molecule has 14 nitrogen and oxygen atoms in total. The van der Waals surface area contributed by atoms with Crippen molar-refractivity contribution in [2.45, 2.75) is 295 Å². The van der Waals surface area contributed by atoms with Crippen molar-refractivity contribution in [3.05, 3.63) is 95.6 Å². The van der Waals surface area contributed by atoms with E-state index < -0.39 is 42.4 Å². The predicted molar refractivity (Wildman–Crippen MR) is 362 cm³/mol. The van der Waals surface area contributed by atoms with E-state index in [0.717, 1.165) is 42.4 Å². The minimum Gasteiger partial charge on any atom is -0.497 e. The summed E-state index contributed by atoms with van der Waals surface area (Å²) < 4.78 is 42.3. The van der Waals surface area contributed by atoms with E-state index in [-0.39, 0.29) is 50.8 Å². The van der Waals surface area contributed by atoms with Crippen LogP contribution < -0.4 is 14.8 Å². The first-order valence-electron chi connectivity index (χ1n) is 35.9. The number of rotatable bonds is 57. The van der Waals surface area contributed by atoms with Crippen LogP contribution in [0.2, 0.25) is 0 Å². The number of nitrogens with one attached hydrogen (secondary N) is 1. The molecule has 0 bridgehead atoms. The Morgan fingerprint density at radius 1 is 0.511 bits per heavy atom. The molecule has 0 aromatic heterocycles. The molecule has 0 saturated carbocycles. The highest BCUT2D eigenvalue weighted by atomic mass is 16.6. The van der Waals surface area contributed by atoms with Crippen molar-refractivity contribution in [1.82, 2.24) is 10.2 Å². The number of likely N-dealkylation sites (tertiary alicyclic amines) is 1. The quantitative estimate of drug-likeness (QED) is 0.0406. The summed E-state index contributed by atoms with van der Waals surface area (Å²) in [6, 6.07) is 24.6. The van der Waals surface area contributed by atoms with Crippen LogP contribution in [-0.4, -0.2) is 106 Å². The minimum atomic E-state index is -1.09. The molecule has 1 saturated heterocycles. The molecule has 2 amide bonds. The smallest absolute Gasteiger partial charge is 0.407 e. The van der Waals surface area contributed by atoms with Gasteiger partial charge in [0.2, 0.25) is 5.91 Å². The number of hydrogen-bond acceptors (Lipinski definition) is 11. The molecule has 4 rings (SSSR count). The Balaban J connectivity index is 1.24. The van der Waals surface area contributed by atoms with Gasteiger partial charge in [-0.3, -0.25) is 14.4 Å². The number of carboxylic acid groups (broad SMARTS) is 1. The van der Waals surface area contributed by atoms with E-state index in [1.807, 2.05) is 78.9 Å². The normalized spacial score (nSPS) is 14.6. The number of amides is 2. The lowest BCUT2D eigenvalue weighted by molar-refractivity contribution is -0.152. The van der Waals surface area contributed by atoms with Crippen LogP contribution >= 0.6 is 0 Å². The molecular formula is C76H122N2O12. The Morgan fingerprint density at radius 3 is 1.43 bits per heavy atom. The second-order valence-corrected chi connectivity index (χ2v) is 25.3. The minimum absolute atomic E-state index is 0.111. The van der Waals surface area contributed by atoms with Crippen LogP contribution in [0.5, 0.6) is 11.5 Å². The highest BCUT2D eigenvalue weighted by molar-refractivity contribution is 5.78. The molecule has 1 aliphatic heterocycles. The lowest BCUT2D eigenvalue weighted by Gasteiger charge is -2.35. The Labute approximate surface area is 544 Å². The molecule has 1 fully saturated rings. The van der Waals surface area contributed by atoms with Crippen molar-refractivity contribution in [3.63, 3.8) is 0 Å². The summed E-state index contributed by atoms with van der Waals surface area (Å²) in [5, 5.41) is 12.2. The van der Waals surface area contributed by atoms with Crippen molar-refractivity contribution in [2.75, 3.05) is 53.7 Å². The second kappa shape index (κ2) is 51.3. The molecule has 0 aliphatic carbocycles. The predicted octanol–water partition coefficient (Wildman–Crippen LogP) is 19.1. The van der Waals surface area contributed by atoms with Crippen molar-refractivity contribution < 1.29 is 57.4 Å². The maximum absolute atomic E-state index is 14.5. The molecule has 1 heterocycles. The third-order valence-electron chi connectivity index (χ3n) is 17.6. The van der Waals surface area contributed by atoms with Crippen LogP contribution in [-0.2, 0) is 38.1 Å². The fraction of sp³-hybridized carbons (Fsp3) is 0.711. The van der Waals surface area contributed by atoms with Gasteiger partial charge in [-0.1, -0.05) is 267 Å². The van der Waals surface area contributed by atoms with Crippen molar-refractivity contribution >= 4 is 23.9 Å². The molecule has 14 heteroatoms. The van der Waals surface area contributed by atoms with Crippen LogP contribution in [0.1, 0.15) is 293 Å². The Kier molecular flexibility index (Phi) is 44.1. The van der Waals surface area contributed by atoms with Gasteiger partial charge in [-0.25, -0.2) is 4.79 Å². The van der Waals surface area contributed by atoms with Gasteiger partial charge in [-0.05, 0) is 66.6 Å². The van der Waals surface area contributed by atoms with E-state index in [2.05, 4.69) is 19.2 Å². The van der Waals surface area contributed by atoms with Gasteiger partial charge in [0.15, 0.2) is 0 Å². The second-order valence-electron chi connectivity index (χ2n) is 25.3. The number of unbranched alkanes of at least 4 members (excludes halogenated alkanes) is 32. The fourth-order valence-corrected chi connectivity index (χ4v) is 12.2. The summed E-state index contributed by atoms with van der Waals surface area (Å²) in [5.41, 5.74) is 2.57. The maximum atomic E-state index is 14.5. The average Bonchev–Trinajstić information content (AvgIpc) is 1.58. The Bertz CT molecular complexity index is 2200. The van der Waals surface area contributed by atoms with Crippen LogP contribution in [0.15, 0.2) is 78.9 Å². The number of alkyl carbamates (subject to hydrolysis) is 1. The lowest BCUT2D eigenvalue weighted by Crippen LogP contribution is -2.40. The van der Waals surface area contributed by atoms with Crippen LogP contribution in [0.25, 0.3) is 0 Å². The van der Waals surface area contributed by atoms with E-state index in [1.165, 1.54) is 180 Å². The fourth-order valence-electron chi connectivity index (χ4n) is 12.2. The maximum Gasteiger partial charge on any atom is 0.407 e. The number of esters is 1. The summed E-state index contributed by atoms with van der Waals surface area (Å²) in [6.45, 7) is 6.85. The highest BCUT2D eigenvalue weighted by Gasteiger charge is 2.43. The van der Waals surface area contributed by atoms with Crippen molar-refractivity contribution in [3.8, 4) is 11.5 Å². The number of aliphatic carboxylic acids is 1. The summed E-state index contributed by atoms with van der Waals surface area (Å²) in [7, 11) is 3.24. The third kappa shape index (κ3) is 35.6. The molecule has 4 unspecified atom stereocenters. The van der Waals surface area contributed by atoms with Gasteiger partial charge in [0, 0.05) is 32.6 Å². The van der Waals surface area contributed by atoms with Gasteiger partial charge in [-0.2, -0.15) is 0 Å². The van der Waals surface area contributed by atoms with E-state index in [9.17, 15) is 24.3 Å². The number of carbonyl (C=O) groups excluding carboxylic acids is 3. The largest absolute Gasteiger partial charge is 0.497 e. The molecule has 4 atom stereocenters. The number of methoxy groups -OCH3 is 2. The summed E-state index contributed by atoms with van der Waals surface area (Å²) >= 11 is 0. The standard InChI is InChI=1S/C76H122N2O12/c1-5-7-9-11-13-15-17-19-21-23-25-27-29-31-33-41-57-86-61-69(87-58-42-34-32-30-28-26-24-22-20-18-16-14-12-10-8-6-2)62-88-76(83)77-56-40-36-39-45-71(79)78-60-68(89-73(82)55-54-72(80)81)59-70(78)75(63-43-37-35-38-44-63)90-74(64-46-50-66(84-3)51-47-64)65-48-52-67(85-4)53-49-65/h35,37-38,43-44,46-53,68-70,74-75H,5-34,36,39-42,45,54-62H2,1-4H3,(H,77,83)(H,80,81). The summed E-state index contributed by atoms with van der Waals surface area (Å²) in [4.78, 5) is 53.7. The third-order valence-corrected chi connectivity index (χ3v) is 17.6. The molecule has 2 N–H and O–H groups in total. The molecule has 90 heavy (non-hydrogen) atoms. The van der Waals surface area contributed by atoms with E-state index in [4.69, 9.17) is 33.2 Å². The first kappa shape index (κ1) is 77.3. The number of hydrogen-bond donors (Lipinski definition) is 2. The SMILES string of the molecule is CCCCCCCCCCCCCCCCCCOCC(COC(=O)NCCCCCC(=O)N1CC(OC(=O)CCC(=O)O)CC1C(OC(c1ccc(OC)cc1)c1ccc(OC)cc1)c1ccccc1)OCCCCCCCCCCCCCCCCCC. The zero-order valence-electron chi connectivity index (χ0n) is 56.6. The number of carbonyl (C=O) groups is 4. The van der Waals surface area contributed by atoms with Gasteiger partial charge in [0.05, 0.1) is 46.3 Å². The first-order chi connectivity index (χ1) is 44.1. The molecular weight excluding hydrogens is 1130 g/mol. The first-order valence-corrected chi connectivity index (χ1v) is 35.9. The average molecular weight is 1260 g/mol. The highest BCUT2D eigenvalue weighted by Crippen LogP contribution is 2.41. The van der Waals surface area contributed by atoms with Gasteiger partial charge in [0.25, 0.3) is 0 Å². The van der Waals surface area contributed by atoms with Gasteiger partial charge in [-0.15, -0.1) is 0 Å². The summed E-state index contributed by atoms with van der Waals surface area (Å²) in [6.07, 6.45) is 41.2. The molecule has 0 spiro atoms. The Morgan fingerprint density at radius 2 is 0.967 bits per heavy atom. The number of nitrogens with zero attached hydrogens (tertiary/aromatic N) is 1. The number of benzene rings is 3. The van der Waals surface area contributed by atoms with Gasteiger partial charge in [0.1, 0.15) is 42.5 Å². The Hall–Kier alpha value is -5.18. The van der Waals surface area contributed by atoms with Crippen LogP contribution in [0.3, 0.4) is 0 Å². The zero-order chi connectivity index (χ0) is 64.3. The number of carboxylic acids is 1. The zero-order valence-corrected chi connectivity index (χ0v) is 56.6. The number of ether oxygens (including phenoxy) is 7. The molecule has 3 aromatic carbocycles. The van der Waals surface area contributed by atoms with Crippen LogP contribution in [0.4, 0.5) is 4.79 Å². The topological polar surface area (TPSA) is 168 Å². The molecule has 3 aromatic rings. The van der Waals surface area contributed by atoms with Gasteiger partial charge >= 0.3 is 18.0 Å². The summed E-state index contributed by atoms with van der Waals surface area (Å²) in [5.74, 6) is -0.441. The van der Waals surface area contributed by atoms with E-state index >= 15 is 0 Å².